The lowest BCUT2D eigenvalue weighted by molar-refractivity contribution is 0.0723. The molecule has 1 unspecified atom stereocenters. The number of aryl methyl sites for hydroxylation is 2. The first-order valence-electron chi connectivity index (χ1n) is 8.05. The van der Waals surface area contributed by atoms with Crippen LogP contribution in [0.3, 0.4) is 0 Å². The summed E-state index contributed by atoms with van der Waals surface area (Å²) in [4.78, 5) is 27.6. The highest BCUT2D eigenvalue weighted by atomic mass is 16.2. The summed E-state index contributed by atoms with van der Waals surface area (Å²) in [5, 5.41) is 4.36. The van der Waals surface area contributed by atoms with Gasteiger partial charge in [0.25, 0.3) is 11.7 Å². The Hall–Kier alpha value is -2.83. The standard InChI is InChI=1S/C17H18N6O/c1-11-9-12(2)23-17(19-11)20-15(21-23)16(24)22-8-4-6-14(22)13-5-3-7-18-10-13/h3,5,7,9-10,14H,4,6,8H2,1-2H3. The number of nitrogens with zero attached hydrogens (tertiary/aromatic N) is 6. The average molecular weight is 322 g/mol. The Labute approximate surface area is 139 Å². The van der Waals surface area contributed by atoms with Gasteiger partial charge in [-0.2, -0.15) is 4.98 Å². The van der Waals surface area contributed by atoms with Crippen molar-refractivity contribution in [2.75, 3.05) is 6.54 Å². The maximum Gasteiger partial charge on any atom is 0.294 e. The van der Waals surface area contributed by atoms with E-state index in [0.29, 0.717) is 12.3 Å². The summed E-state index contributed by atoms with van der Waals surface area (Å²) in [6, 6.07) is 5.86. The lowest BCUT2D eigenvalue weighted by atomic mass is 10.1. The monoisotopic (exact) mass is 322 g/mol. The van der Waals surface area contributed by atoms with Gasteiger partial charge in [0.1, 0.15) is 0 Å². The van der Waals surface area contributed by atoms with E-state index in [1.54, 1.807) is 10.7 Å². The van der Waals surface area contributed by atoms with Crippen molar-refractivity contribution in [1.82, 2.24) is 29.5 Å². The molecule has 0 N–H and O–H groups in total. The number of fused-ring (bicyclic) bond motifs is 1. The van der Waals surface area contributed by atoms with Crippen LogP contribution < -0.4 is 0 Å². The third kappa shape index (κ3) is 2.42. The van der Waals surface area contributed by atoms with Crippen molar-refractivity contribution in [3.8, 4) is 0 Å². The summed E-state index contributed by atoms with van der Waals surface area (Å²) in [6.07, 6.45) is 5.46. The maximum absolute atomic E-state index is 12.9. The van der Waals surface area contributed by atoms with Gasteiger partial charge in [-0.3, -0.25) is 9.78 Å². The van der Waals surface area contributed by atoms with Crippen molar-refractivity contribution in [3.63, 3.8) is 0 Å². The zero-order valence-electron chi connectivity index (χ0n) is 13.7. The highest BCUT2D eigenvalue weighted by Crippen LogP contribution is 2.32. The van der Waals surface area contributed by atoms with Gasteiger partial charge in [0.05, 0.1) is 6.04 Å². The highest BCUT2D eigenvalue weighted by Gasteiger charge is 2.32. The second-order valence-electron chi connectivity index (χ2n) is 6.13. The minimum atomic E-state index is -0.149. The molecule has 4 heterocycles. The molecule has 1 amide bonds. The van der Waals surface area contributed by atoms with Crippen LogP contribution in [-0.2, 0) is 0 Å². The first kappa shape index (κ1) is 14.7. The van der Waals surface area contributed by atoms with Gasteiger partial charge in [0, 0.05) is 30.3 Å². The molecule has 0 aromatic carbocycles. The molecule has 24 heavy (non-hydrogen) atoms. The third-order valence-electron chi connectivity index (χ3n) is 4.39. The molecule has 122 valence electrons. The Balaban J connectivity index is 1.69. The van der Waals surface area contributed by atoms with E-state index in [1.165, 1.54) is 0 Å². The molecule has 1 fully saturated rings. The molecule has 1 aliphatic rings. The quantitative estimate of drug-likeness (QED) is 0.722. The molecule has 4 rings (SSSR count). The van der Waals surface area contributed by atoms with Gasteiger partial charge in [0.15, 0.2) is 0 Å². The predicted molar refractivity (Wildman–Crippen MR) is 87.5 cm³/mol. The number of hydrogen-bond acceptors (Lipinski definition) is 5. The molecule has 3 aromatic rings. The zero-order chi connectivity index (χ0) is 16.7. The van der Waals surface area contributed by atoms with Crippen molar-refractivity contribution < 1.29 is 4.79 Å². The molecule has 0 bridgehead atoms. The van der Waals surface area contributed by atoms with Crippen LogP contribution in [0.2, 0.25) is 0 Å². The van der Waals surface area contributed by atoms with Crippen molar-refractivity contribution in [3.05, 3.63) is 53.4 Å². The minimum absolute atomic E-state index is 0.0357. The number of hydrogen-bond donors (Lipinski definition) is 0. The molecular formula is C17H18N6O. The van der Waals surface area contributed by atoms with E-state index in [-0.39, 0.29) is 17.8 Å². The van der Waals surface area contributed by atoms with Crippen molar-refractivity contribution in [1.29, 1.82) is 0 Å². The number of amides is 1. The summed E-state index contributed by atoms with van der Waals surface area (Å²) in [7, 11) is 0. The number of aromatic nitrogens is 5. The molecule has 0 aliphatic carbocycles. The van der Waals surface area contributed by atoms with Crippen LogP contribution in [0.4, 0.5) is 0 Å². The Bertz CT molecular complexity index is 904. The fourth-order valence-electron chi connectivity index (χ4n) is 3.31. The molecule has 0 spiro atoms. The van der Waals surface area contributed by atoms with Crippen molar-refractivity contribution in [2.24, 2.45) is 0 Å². The van der Waals surface area contributed by atoms with E-state index in [9.17, 15) is 4.79 Å². The topological polar surface area (TPSA) is 76.3 Å². The van der Waals surface area contributed by atoms with E-state index in [1.807, 2.05) is 43.1 Å². The van der Waals surface area contributed by atoms with Gasteiger partial charge in [-0.05, 0) is 44.4 Å². The molecule has 3 aromatic heterocycles. The Morgan fingerprint density at radius 3 is 2.96 bits per heavy atom. The molecule has 7 heteroatoms. The maximum atomic E-state index is 12.9. The van der Waals surface area contributed by atoms with Crippen LogP contribution in [-0.4, -0.2) is 41.9 Å². The molecular weight excluding hydrogens is 304 g/mol. The lowest BCUT2D eigenvalue weighted by Crippen LogP contribution is -2.31. The van der Waals surface area contributed by atoms with Crippen LogP contribution in [0.5, 0.6) is 0 Å². The molecule has 0 saturated carbocycles. The van der Waals surface area contributed by atoms with E-state index >= 15 is 0 Å². The number of pyridine rings is 1. The van der Waals surface area contributed by atoms with Crippen LogP contribution in [0.15, 0.2) is 30.6 Å². The minimum Gasteiger partial charge on any atom is -0.329 e. The summed E-state index contributed by atoms with van der Waals surface area (Å²) in [5.41, 5.74) is 2.83. The van der Waals surface area contributed by atoms with Gasteiger partial charge in [-0.15, -0.1) is 5.10 Å². The normalized spacial score (nSPS) is 17.6. The van der Waals surface area contributed by atoms with Crippen molar-refractivity contribution in [2.45, 2.75) is 32.7 Å². The van der Waals surface area contributed by atoms with E-state index < -0.39 is 0 Å². The number of likely N-dealkylation sites (tertiary alicyclic amines) is 1. The fraction of sp³-hybridized carbons (Fsp3) is 0.353. The third-order valence-corrected chi connectivity index (χ3v) is 4.39. The molecule has 1 saturated heterocycles. The first-order chi connectivity index (χ1) is 11.6. The largest absolute Gasteiger partial charge is 0.329 e. The fourth-order valence-corrected chi connectivity index (χ4v) is 3.31. The molecule has 1 atom stereocenters. The van der Waals surface area contributed by atoms with Crippen LogP contribution >= 0.6 is 0 Å². The van der Waals surface area contributed by atoms with Gasteiger partial charge in [0.2, 0.25) is 5.82 Å². The Kier molecular flexibility index (Phi) is 3.48. The number of rotatable bonds is 2. The summed E-state index contributed by atoms with van der Waals surface area (Å²) >= 11 is 0. The van der Waals surface area contributed by atoms with E-state index in [4.69, 9.17) is 0 Å². The highest BCUT2D eigenvalue weighted by molar-refractivity contribution is 5.91. The van der Waals surface area contributed by atoms with Crippen LogP contribution in [0.1, 0.15) is 46.5 Å². The SMILES string of the molecule is Cc1cc(C)n2nc(C(=O)N3CCCC3c3cccnc3)nc2n1. The van der Waals surface area contributed by atoms with E-state index in [0.717, 1.165) is 29.8 Å². The predicted octanol–water partition coefficient (Wildman–Crippen LogP) is 2.11. The molecule has 0 radical (unpaired) electrons. The Morgan fingerprint density at radius 2 is 2.17 bits per heavy atom. The summed E-state index contributed by atoms with van der Waals surface area (Å²) < 4.78 is 1.62. The second-order valence-corrected chi connectivity index (χ2v) is 6.13. The van der Waals surface area contributed by atoms with Crippen LogP contribution in [0.25, 0.3) is 5.78 Å². The second kappa shape index (κ2) is 5.67. The average Bonchev–Trinajstić information content (AvgIpc) is 3.22. The van der Waals surface area contributed by atoms with Gasteiger partial charge in [-0.1, -0.05) is 6.07 Å². The molecule has 1 aliphatic heterocycles. The lowest BCUT2D eigenvalue weighted by Gasteiger charge is -2.23. The summed E-state index contributed by atoms with van der Waals surface area (Å²) in [5.74, 6) is 0.517. The first-order valence-corrected chi connectivity index (χ1v) is 8.05. The smallest absolute Gasteiger partial charge is 0.294 e. The van der Waals surface area contributed by atoms with Crippen LogP contribution in [0, 0.1) is 13.8 Å². The zero-order valence-corrected chi connectivity index (χ0v) is 13.7. The van der Waals surface area contributed by atoms with Gasteiger partial charge < -0.3 is 4.90 Å². The Morgan fingerprint density at radius 1 is 1.29 bits per heavy atom. The van der Waals surface area contributed by atoms with Gasteiger partial charge >= 0.3 is 0 Å². The van der Waals surface area contributed by atoms with Gasteiger partial charge in [-0.25, -0.2) is 9.50 Å². The summed E-state index contributed by atoms with van der Waals surface area (Å²) in [6.45, 7) is 4.54. The number of carbonyl (C=O) groups excluding carboxylic acids is 1. The number of carbonyl (C=O) groups is 1. The van der Waals surface area contributed by atoms with Crippen molar-refractivity contribution >= 4 is 11.7 Å². The molecule has 7 nitrogen and oxygen atoms in total. The van der Waals surface area contributed by atoms with E-state index in [2.05, 4.69) is 20.1 Å².